The Balaban J connectivity index is 3.48. The minimum Gasteiger partial charge on any atom is -0.481 e. The average Bonchev–Trinajstić information content (AvgIpc) is 2.20. The van der Waals surface area contributed by atoms with Crippen LogP contribution in [-0.2, 0) is 19.1 Å². The fraction of sp³-hybridized carbons (Fsp3) is 0.700. The van der Waals surface area contributed by atoms with Crippen LogP contribution < -0.4 is 5.32 Å². The monoisotopic (exact) mass is 231 g/mol. The van der Waals surface area contributed by atoms with Crippen LogP contribution in [0, 0.1) is 5.92 Å². The molecule has 0 unspecified atom stereocenters. The third-order valence-corrected chi connectivity index (χ3v) is 1.73. The van der Waals surface area contributed by atoms with Crippen molar-refractivity contribution in [3.63, 3.8) is 0 Å². The maximum Gasteiger partial charge on any atom is 0.306 e. The molecular weight excluding hydrogens is 214 g/mol. The molecular formula is C10H17NO5. The fourth-order valence-corrected chi connectivity index (χ4v) is 0.824. The van der Waals surface area contributed by atoms with Gasteiger partial charge in [-0.25, -0.2) is 0 Å². The Morgan fingerprint density at radius 1 is 1.25 bits per heavy atom. The molecule has 0 fully saturated rings. The number of hydrogen-bond donors (Lipinski definition) is 2. The molecule has 0 heterocycles. The van der Waals surface area contributed by atoms with Gasteiger partial charge in [-0.1, -0.05) is 13.8 Å². The second kappa shape index (κ2) is 7.67. The molecule has 0 aromatic carbocycles. The van der Waals surface area contributed by atoms with Crippen LogP contribution in [0.4, 0.5) is 0 Å². The van der Waals surface area contributed by atoms with Gasteiger partial charge >= 0.3 is 11.9 Å². The van der Waals surface area contributed by atoms with E-state index in [0.717, 1.165) is 0 Å². The van der Waals surface area contributed by atoms with Gasteiger partial charge in [0.25, 0.3) is 0 Å². The average molecular weight is 231 g/mol. The summed E-state index contributed by atoms with van der Waals surface area (Å²) in [6.07, 6.45) is -0.384. The number of ether oxygens (including phenoxy) is 1. The zero-order valence-electron chi connectivity index (χ0n) is 9.49. The second-order valence-electron chi connectivity index (χ2n) is 3.56. The standard InChI is InChI=1S/C10H17NO5/c1-7(2)10(15)11-5-6-16-9(14)4-3-8(12)13/h7H,3-6H2,1-2H3,(H,11,15)(H,12,13). The van der Waals surface area contributed by atoms with Gasteiger partial charge in [0.1, 0.15) is 6.61 Å². The SMILES string of the molecule is CC(C)C(=O)NCCOC(=O)CCC(=O)O. The molecule has 0 saturated carbocycles. The van der Waals surface area contributed by atoms with Gasteiger partial charge in [-0.05, 0) is 0 Å². The number of carboxylic acid groups (broad SMARTS) is 1. The van der Waals surface area contributed by atoms with Crippen molar-refractivity contribution in [2.24, 2.45) is 5.92 Å². The van der Waals surface area contributed by atoms with Crippen molar-refractivity contribution in [2.75, 3.05) is 13.2 Å². The van der Waals surface area contributed by atoms with E-state index in [1.807, 2.05) is 0 Å². The summed E-state index contributed by atoms with van der Waals surface area (Å²) in [5.41, 5.74) is 0. The molecule has 92 valence electrons. The maximum absolute atomic E-state index is 11.1. The van der Waals surface area contributed by atoms with Gasteiger partial charge in [0.15, 0.2) is 0 Å². The van der Waals surface area contributed by atoms with Crippen molar-refractivity contribution >= 4 is 17.8 Å². The van der Waals surface area contributed by atoms with E-state index in [1.165, 1.54) is 0 Å². The molecule has 0 saturated heterocycles. The lowest BCUT2D eigenvalue weighted by molar-refractivity contribution is -0.147. The van der Waals surface area contributed by atoms with Gasteiger partial charge in [-0.3, -0.25) is 14.4 Å². The van der Waals surface area contributed by atoms with E-state index in [9.17, 15) is 14.4 Å². The van der Waals surface area contributed by atoms with Crippen LogP contribution in [0.5, 0.6) is 0 Å². The van der Waals surface area contributed by atoms with Crippen LogP contribution in [0.1, 0.15) is 26.7 Å². The Morgan fingerprint density at radius 3 is 2.38 bits per heavy atom. The summed E-state index contributed by atoms with van der Waals surface area (Å²) >= 11 is 0. The minimum absolute atomic E-state index is 0.0664. The second-order valence-corrected chi connectivity index (χ2v) is 3.56. The Kier molecular flexibility index (Phi) is 6.91. The summed E-state index contributed by atoms with van der Waals surface area (Å²) in [6, 6.07) is 0. The minimum atomic E-state index is -1.04. The lowest BCUT2D eigenvalue weighted by atomic mass is 10.2. The van der Waals surface area contributed by atoms with Crippen molar-refractivity contribution in [2.45, 2.75) is 26.7 Å². The molecule has 1 amide bonds. The number of esters is 1. The van der Waals surface area contributed by atoms with Gasteiger partial charge in [0, 0.05) is 5.92 Å². The molecule has 0 aromatic heterocycles. The smallest absolute Gasteiger partial charge is 0.306 e. The first-order valence-corrected chi connectivity index (χ1v) is 5.08. The van der Waals surface area contributed by atoms with Crippen LogP contribution in [0.3, 0.4) is 0 Å². The van der Waals surface area contributed by atoms with E-state index in [0.29, 0.717) is 0 Å². The van der Waals surface area contributed by atoms with Crippen molar-refractivity contribution in [1.82, 2.24) is 5.32 Å². The predicted molar refractivity (Wildman–Crippen MR) is 55.7 cm³/mol. The first-order valence-electron chi connectivity index (χ1n) is 5.08. The molecule has 6 nitrogen and oxygen atoms in total. The van der Waals surface area contributed by atoms with Gasteiger partial charge in [-0.2, -0.15) is 0 Å². The zero-order chi connectivity index (χ0) is 12.6. The largest absolute Gasteiger partial charge is 0.481 e. The van der Waals surface area contributed by atoms with Crippen molar-refractivity contribution in [1.29, 1.82) is 0 Å². The predicted octanol–water partition coefficient (Wildman–Crippen LogP) is 0.167. The van der Waals surface area contributed by atoms with Crippen LogP contribution in [0.15, 0.2) is 0 Å². The molecule has 16 heavy (non-hydrogen) atoms. The number of aliphatic carboxylic acids is 1. The third-order valence-electron chi connectivity index (χ3n) is 1.73. The highest BCUT2D eigenvalue weighted by atomic mass is 16.5. The van der Waals surface area contributed by atoms with E-state index < -0.39 is 11.9 Å². The molecule has 2 N–H and O–H groups in total. The number of carbonyl (C=O) groups excluding carboxylic acids is 2. The first kappa shape index (κ1) is 14.4. The van der Waals surface area contributed by atoms with Crippen LogP contribution in [0.2, 0.25) is 0 Å². The van der Waals surface area contributed by atoms with Crippen LogP contribution in [0.25, 0.3) is 0 Å². The van der Waals surface area contributed by atoms with E-state index in [4.69, 9.17) is 9.84 Å². The fourth-order valence-electron chi connectivity index (χ4n) is 0.824. The number of amides is 1. The molecule has 0 rings (SSSR count). The molecule has 0 spiro atoms. The van der Waals surface area contributed by atoms with Gasteiger partial charge < -0.3 is 15.2 Å². The van der Waals surface area contributed by atoms with Crippen molar-refractivity contribution < 1.29 is 24.2 Å². The molecule has 0 aliphatic heterocycles. The highest BCUT2D eigenvalue weighted by Gasteiger charge is 2.08. The normalized spacial score (nSPS) is 9.94. The highest BCUT2D eigenvalue weighted by molar-refractivity contribution is 5.78. The lowest BCUT2D eigenvalue weighted by Crippen LogP contribution is -2.31. The van der Waals surface area contributed by atoms with E-state index in [1.54, 1.807) is 13.8 Å². The number of nitrogens with one attached hydrogen (secondary N) is 1. The summed E-state index contributed by atoms with van der Waals surface area (Å²) in [5.74, 6) is -1.82. The van der Waals surface area contributed by atoms with Gasteiger partial charge in [0.2, 0.25) is 5.91 Å². The van der Waals surface area contributed by atoms with E-state index in [-0.39, 0.29) is 37.8 Å². The van der Waals surface area contributed by atoms with Gasteiger partial charge in [-0.15, -0.1) is 0 Å². The maximum atomic E-state index is 11.1. The summed E-state index contributed by atoms with van der Waals surface area (Å²) in [4.78, 5) is 32.1. The number of carboxylic acids is 1. The molecule has 0 bridgehead atoms. The molecule has 6 heteroatoms. The summed E-state index contributed by atoms with van der Waals surface area (Å²) in [5, 5.41) is 10.9. The Labute approximate surface area is 94.0 Å². The molecule has 0 aliphatic carbocycles. The zero-order valence-corrected chi connectivity index (χ0v) is 9.49. The van der Waals surface area contributed by atoms with E-state index in [2.05, 4.69) is 5.32 Å². The topological polar surface area (TPSA) is 92.7 Å². The molecule has 0 atom stereocenters. The van der Waals surface area contributed by atoms with Crippen molar-refractivity contribution in [3.8, 4) is 0 Å². The van der Waals surface area contributed by atoms with Crippen LogP contribution in [-0.4, -0.2) is 36.1 Å². The molecule has 0 radical (unpaired) electrons. The Bertz CT molecular complexity index is 262. The quantitative estimate of drug-likeness (QED) is 0.481. The summed E-state index contributed by atoms with van der Waals surface area (Å²) < 4.78 is 4.71. The lowest BCUT2D eigenvalue weighted by Gasteiger charge is -2.07. The first-order chi connectivity index (χ1) is 7.43. The molecule has 0 aromatic rings. The summed E-state index contributed by atoms with van der Waals surface area (Å²) in [7, 11) is 0. The summed E-state index contributed by atoms with van der Waals surface area (Å²) in [6.45, 7) is 3.83. The van der Waals surface area contributed by atoms with Gasteiger partial charge in [0.05, 0.1) is 19.4 Å². The number of rotatable bonds is 7. The Hall–Kier alpha value is -1.59. The third kappa shape index (κ3) is 7.78. The highest BCUT2D eigenvalue weighted by Crippen LogP contribution is 1.93. The van der Waals surface area contributed by atoms with Crippen molar-refractivity contribution in [3.05, 3.63) is 0 Å². The van der Waals surface area contributed by atoms with Crippen LogP contribution >= 0.6 is 0 Å². The van der Waals surface area contributed by atoms with E-state index >= 15 is 0 Å². The number of hydrogen-bond acceptors (Lipinski definition) is 4. The number of carbonyl (C=O) groups is 3. The molecule has 0 aliphatic rings. The Morgan fingerprint density at radius 2 is 1.88 bits per heavy atom.